The molecule has 2 aromatic heterocycles. The van der Waals surface area contributed by atoms with Gasteiger partial charge in [0.25, 0.3) is 0 Å². The van der Waals surface area contributed by atoms with Crippen LogP contribution in [0.15, 0.2) is 47.1 Å². The van der Waals surface area contributed by atoms with Crippen LogP contribution in [0.3, 0.4) is 0 Å². The van der Waals surface area contributed by atoms with E-state index in [-0.39, 0.29) is 18.9 Å². The van der Waals surface area contributed by atoms with Gasteiger partial charge in [0.05, 0.1) is 24.9 Å². The third-order valence-corrected chi connectivity index (χ3v) is 4.34. The molecule has 9 heteroatoms. The first kappa shape index (κ1) is 18.0. The Hall–Kier alpha value is -2.78. The molecule has 1 aromatic carbocycles. The summed E-state index contributed by atoms with van der Waals surface area (Å²) in [6, 6.07) is 10.9. The minimum Gasteiger partial charge on any atom is -0.356 e. The minimum absolute atomic E-state index is 0.103. The van der Waals surface area contributed by atoms with Crippen LogP contribution in [0, 0.1) is 0 Å². The summed E-state index contributed by atoms with van der Waals surface area (Å²) in [7, 11) is -3.28. The number of hydrogen-bond acceptors (Lipinski definition) is 6. The highest BCUT2D eigenvalue weighted by Gasteiger charge is 2.12. The summed E-state index contributed by atoms with van der Waals surface area (Å²) in [6.07, 6.45) is 2.78. The van der Waals surface area contributed by atoms with Gasteiger partial charge in [-0.25, -0.2) is 13.1 Å². The Kier molecular flexibility index (Phi) is 5.29. The number of rotatable bonds is 7. The molecule has 0 unspecified atom stereocenters. The zero-order valence-electron chi connectivity index (χ0n) is 14.1. The van der Waals surface area contributed by atoms with Crippen molar-refractivity contribution < 1.29 is 17.7 Å². The summed E-state index contributed by atoms with van der Waals surface area (Å²) in [5.41, 5.74) is 2.63. The number of amides is 1. The largest absolute Gasteiger partial charge is 0.356 e. The second-order valence-corrected chi connectivity index (χ2v) is 7.66. The lowest BCUT2D eigenvalue weighted by Crippen LogP contribution is -2.25. The summed E-state index contributed by atoms with van der Waals surface area (Å²) in [5, 5.41) is 7.58. The summed E-state index contributed by atoms with van der Waals surface area (Å²) in [4.78, 5) is 16.3. The fourth-order valence-electron chi connectivity index (χ4n) is 2.42. The lowest BCUT2D eigenvalue weighted by molar-refractivity contribution is -0.120. The van der Waals surface area contributed by atoms with E-state index >= 15 is 0 Å². The zero-order valence-corrected chi connectivity index (χ0v) is 14.9. The van der Waals surface area contributed by atoms with Crippen LogP contribution in [-0.2, 0) is 34.3 Å². The molecule has 3 aromatic rings. The van der Waals surface area contributed by atoms with E-state index in [1.165, 1.54) is 0 Å². The van der Waals surface area contributed by atoms with Gasteiger partial charge in [-0.15, -0.1) is 0 Å². The van der Waals surface area contributed by atoms with E-state index in [0.717, 1.165) is 17.2 Å². The maximum atomic E-state index is 12.2. The van der Waals surface area contributed by atoms with Crippen LogP contribution >= 0.6 is 0 Å². The van der Waals surface area contributed by atoms with E-state index < -0.39 is 10.0 Å². The molecular formula is C17H18N4O4S. The number of pyridine rings is 1. The molecule has 0 saturated heterocycles. The number of carbonyl (C=O) groups excluding carboxylic acids is 1. The number of nitrogens with one attached hydrogen (secondary N) is 2. The van der Waals surface area contributed by atoms with Crippen LogP contribution in [0.2, 0.25) is 0 Å². The van der Waals surface area contributed by atoms with Gasteiger partial charge in [-0.1, -0.05) is 17.3 Å². The average Bonchev–Trinajstić information content (AvgIpc) is 3.01. The number of para-hydroxylation sites is 1. The van der Waals surface area contributed by atoms with Crippen molar-refractivity contribution >= 4 is 26.9 Å². The fraction of sp³-hybridized carbons (Fsp3) is 0.235. The highest BCUT2D eigenvalue weighted by Crippen LogP contribution is 2.18. The highest BCUT2D eigenvalue weighted by atomic mass is 32.2. The van der Waals surface area contributed by atoms with Crippen LogP contribution in [0.4, 0.5) is 0 Å². The van der Waals surface area contributed by atoms with Gasteiger partial charge in [-0.2, -0.15) is 0 Å². The first-order valence-corrected chi connectivity index (χ1v) is 9.78. The van der Waals surface area contributed by atoms with Crippen molar-refractivity contribution in [1.82, 2.24) is 20.2 Å². The van der Waals surface area contributed by atoms with Crippen LogP contribution in [0.5, 0.6) is 0 Å². The van der Waals surface area contributed by atoms with Gasteiger partial charge in [-0.05, 0) is 29.8 Å². The van der Waals surface area contributed by atoms with Crippen LogP contribution in [0.1, 0.15) is 17.0 Å². The Balaban J connectivity index is 1.57. The Bertz CT molecular complexity index is 1030. The van der Waals surface area contributed by atoms with Crippen LogP contribution in [-0.4, -0.2) is 30.7 Å². The molecule has 0 fully saturated rings. The molecule has 2 heterocycles. The van der Waals surface area contributed by atoms with E-state index in [0.29, 0.717) is 23.5 Å². The van der Waals surface area contributed by atoms with Crippen molar-refractivity contribution in [1.29, 1.82) is 0 Å². The number of nitrogens with zero attached hydrogens (tertiary/aromatic N) is 2. The molecule has 26 heavy (non-hydrogen) atoms. The molecule has 136 valence electrons. The van der Waals surface area contributed by atoms with E-state index in [2.05, 4.69) is 20.2 Å². The van der Waals surface area contributed by atoms with E-state index in [1.807, 2.05) is 18.2 Å². The summed E-state index contributed by atoms with van der Waals surface area (Å²) >= 11 is 0. The number of carbonyl (C=O) groups is 1. The first-order chi connectivity index (χ1) is 12.4. The maximum Gasteiger partial charge on any atom is 0.226 e. The van der Waals surface area contributed by atoms with Gasteiger partial charge in [0.2, 0.25) is 15.9 Å². The molecule has 0 aliphatic heterocycles. The Morgan fingerprint density at radius 2 is 2.00 bits per heavy atom. The molecule has 3 rings (SSSR count). The van der Waals surface area contributed by atoms with Crippen molar-refractivity contribution in [3.05, 3.63) is 59.5 Å². The predicted octanol–water partition coefficient (Wildman–Crippen LogP) is 1.13. The number of sulfonamides is 1. The van der Waals surface area contributed by atoms with Crippen molar-refractivity contribution in [3.63, 3.8) is 0 Å². The third kappa shape index (κ3) is 4.87. The smallest absolute Gasteiger partial charge is 0.226 e. The molecule has 0 aliphatic carbocycles. The monoisotopic (exact) mass is 374 g/mol. The van der Waals surface area contributed by atoms with Gasteiger partial charge >= 0.3 is 0 Å². The van der Waals surface area contributed by atoms with Crippen LogP contribution in [0.25, 0.3) is 11.0 Å². The average molecular weight is 374 g/mol. The summed E-state index contributed by atoms with van der Waals surface area (Å²) < 4.78 is 29.8. The second-order valence-electron chi connectivity index (χ2n) is 5.83. The molecule has 0 aliphatic rings. The lowest BCUT2D eigenvalue weighted by atomic mass is 10.1. The van der Waals surface area contributed by atoms with Crippen LogP contribution < -0.4 is 10.0 Å². The molecular weight excluding hydrogens is 356 g/mol. The maximum absolute atomic E-state index is 12.2. The lowest BCUT2D eigenvalue weighted by Gasteiger charge is -2.07. The third-order valence-electron chi connectivity index (χ3n) is 3.67. The van der Waals surface area contributed by atoms with Gasteiger partial charge < -0.3 is 9.84 Å². The number of benzene rings is 1. The van der Waals surface area contributed by atoms with Gasteiger partial charge in [-0.3, -0.25) is 9.78 Å². The SMILES string of the molecule is CS(=O)(=O)NCc1cc(CNC(=O)Cc2noc3ccccc23)ccn1. The van der Waals surface area contributed by atoms with Crippen molar-refractivity contribution in [2.45, 2.75) is 19.5 Å². The molecule has 0 saturated carbocycles. The number of fused-ring (bicyclic) bond motifs is 1. The van der Waals surface area contributed by atoms with Crippen molar-refractivity contribution in [2.24, 2.45) is 0 Å². The van der Waals surface area contributed by atoms with Crippen molar-refractivity contribution in [3.8, 4) is 0 Å². The van der Waals surface area contributed by atoms with Crippen molar-refractivity contribution in [2.75, 3.05) is 6.26 Å². The topological polar surface area (TPSA) is 114 Å². The Morgan fingerprint density at radius 1 is 1.19 bits per heavy atom. The Morgan fingerprint density at radius 3 is 2.81 bits per heavy atom. The molecule has 8 nitrogen and oxygen atoms in total. The summed E-state index contributed by atoms with van der Waals surface area (Å²) in [5.74, 6) is -0.184. The van der Waals surface area contributed by atoms with E-state index in [4.69, 9.17) is 4.52 Å². The Labute approximate surface area is 150 Å². The molecule has 0 radical (unpaired) electrons. The van der Waals surface area contributed by atoms with E-state index in [9.17, 15) is 13.2 Å². The predicted molar refractivity (Wildman–Crippen MR) is 95.5 cm³/mol. The molecule has 0 bridgehead atoms. The quantitative estimate of drug-likeness (QED) is 0.641. The minimum atomic E-state index is -3.28. The highest BCUT2D eigenvalue weighted by molar-refractivity contribution is 7.88. The first-order valence-electron chi connectivity index (χ1n) is 7.89. The molecule has 1 amide bonds. The normalized spacial score (nSPS) is 11.6. The molecule has 0 spiro atoms. The second kappa shape index (κ2) is 7.63. The standard InChI is InChI=1S/C17H18N4O4S/c1-26(23,24)20-11-13-8-12(6-7-18-13)10-19-17(22)9-15-14-4-2-3-5-16(14)25-21-15/h2-8,20H,9-11H2,1H3,(H,19,22). The van der Waals surface area contributed by atoms with E-state index in [1.54, 1.807) is 24.4 Å². The fourth-order valence-corrected chi connectivity index (χ4v) is 2.83. The zero-order chi connectivity index (χ0) is 18.6. The van der Waals surface area contributed by atoms with Gasteiger partial charge in [0.15, 0.2) is 5.58 Å². The number of hydrogen-bond donors (Lipinski definition) is 2. The molecule has 2 N–H and O–H groups in total. The van der Waals surface area contributed by atoms with Gasteiger partial charge in [0.1, 0.15) is 5.69 Å². The van der Waals surface area contributed by atoms with Gasteiger partial charge in [0, 0.05) is 18.1 Å². The number of aromatic nitrogens is 2. The summed E-state index contributed by atoms with van der Waals surface area (Å²) in [6.45, 7) is 0.411. The molecule has 0 atom stereocenters.